The molecule has 3 heterocycles. The van der Waals surface area contributed by atoms with Crippen molar-refractivity contribution in [2.75, 3.05) is 0 Å². The number of fused-ring (bicyclic) bond motifs is 1. The van der Waals surface area contributed by atoms with E-state index in [-0.39, 0.29) is 22.3 Å². The van der Waals surface area contributed by atoms with Crippen molar-refractivity contribution in [3.63, 3.8) is 0 Å². The minimum atomic E-state index is -3.89. The van der Waals surface area contributed by atoms with Gasteiger partial charge in [-0.25, -0.2) is 27.9 Å². The van der Waals surface area contributed by atoms with Crippen LogP contribution in [-0.2, 0) is 16.6 Å². The molecule has 0 atom stereocenters. The van der Waals surface area contributed by atoms with Gasteiger partial charge in [-0.2, -0.15) is 0 Å². The highest BCUT2D eigenvalue weighted by atomic mass is 32.2. The summed E-state index contributed by atoms with van der Waals surface area (Å²) in [6.07, 6.45) is 5.01. The summed E-state index contributed by atoms with van der Waals surface area (Å²) in [7, 11) is -3.89. The number of pyridine rings is 1. The topological polar surface area (TPSA) is 143 Å². The number of aromatic amines is 2. The molecule has 29 heavy (non-hydrogen) atoms. The normalized spacial score (nSPS) is 11.8. The Kier molecular flexibility index (Phi) is 4.60. The lowest BCUT2D eigenvalue weighted by molar-refractivity contribution is 0.581. The highest BCUT2D eigenvalue weighted by molar-refractivity contribution is 7.89. The quantitative estimate of drug-likeness (QED) is 0.438. The third-order valence-electron chi connectivity index (χ3n) is 4.37. The van der Waals surface area contributed by atoms with E-state index in [1.165, 1.54) is 18.2 Å². The Labute approximate surface area is 164 Å². The maximum Gasteiger partial charge on any atom is 0.326 e. The van der Waals surface area contributed by atoms with Crippen molar-refractivity contribution in [3.05, 3.63) is 81.1 Å². The minimum absolute atomic E-state index is 0.0333. The van der Waals surface area contributed by atoms with Gasteiger partial charge in [0.2, 0.25) is 10.0 Å². The summed E-state index contributed by atoms with van der Waals surface area (Å²) in [6.45, 7) is 1.87. The lowest BCUT2D eigenvalue weighted by Crippen LogP contribution is -2.25. The Morgan fingerprint density at radius 3 is 2.66 bits per heavy atom. The fraction of sp³-hybridized carbons (Fsp3) is 0.111. The van der Waals surface area contributed by atoms with Crippen LogP contribution in [0.5, 0.6) is 0 Å². The summed E-state index contributed by atoms with van der Waals surface area (Å²) < 4.78 is 29.6. The van der Waals surface area contributed by atoms with E-state index in [0.29, 0.717) is 11.4 Å². The first-order valence-electron chi connectivity index (χ1n) is 8.55. The molecule has 3 aromatic heterocycles. The molecule has 0 fully saturated rings. The highest BCUT2D eigenvalue weighted by Gasteiger charge is 2.16. The average Bonchev–Trinajstić information content (AvgIpc) is 3.12. The standard InChI is InChI=1S/C18H16N6O4S/c1-11-19-6-7-24(11)16-8-12(4-5-20-16)10-21-29(27,28)13-2-3-15-14(9-13)17(25)23-18(26)22-15/h2-9,21H,10H2,1H3,(H2,22,23,25,26). The van der Waals surface area contributed by atoms with Crippen LogP contribution in [0, 0.1) is 6.92 Å². The lowest BCUT2D eigenvalue weighted by atomic mass is 10.2. The minimum Gasteiger partial charge on any atom is -0.307 e. The van der Waals surface area contributed by atoms with Crippen LogP contribution in [-0.4, -0.2) is 32.9 Å². The lowest BCUT2D eigenvalue weighted by Gasteiger charge is -2.09. The molecule has 0 saturated heterocycles. The summed E-state index contributed by atoms with van der Waals surface area (Å²) >= 11 is 0. The Bertz CT molecular complexity index is 1430. The molecule has 4 rings (SSSR count). The molecule has 148 valence electrons. The second-order valence-electron chi connectivity index (χ2n) is 6.31. The number of H-pyrrole nitrogens is 2. The summed E-state index contributed by atoms with van der Waals surface area (Å²) in [4.78, 5) is 36.1. The molecule has 3 N–H and O–H groups in total. The number of benzene rings is 1. The van der Waals surface area contributed by atoms with Crippen LogP contribution >= 0.6 is 0 Å². The Balaban J connectivity index is 1.60. The number of rotatable bonds is 5. The van der Waals surface area contributed by atoms with E-state index in [1.54, 1.807) is 35.3 Å². The number of sulfonamides is 1. The van der Waals surface area contributed by atoms with Crippen LogP contribution < -0.4 is 16.0 Å². The molecule has 0 amide bonds. The predicted octanol–water partition coefficient (Wildman–Crippen LogP) is 0.584. The van der Waals surface area contributed by atoms with Gasteiger partial charge in [0.25, 0.3) is 5.56 Å². The SMILES string of the molecule is Cc1nccn1-c1cc(CNS(=O)(=O)c2ccc3[nH]c(=O)[nH]c(=O)c3c2)ccn1. The zero-order valence-corrected chi connectivity index (χ0v) is 16.0. The van der Waals surface area contributed by atoms with Crippen molar-refractivity contribution in [2.24, 2.45) is 0 Å². The molecule has 11 heteroatoms. The van der Waals surface area contributed by atoms with Crippen molar-refractivity contribution >= 4 is 20.9 Å². The Hall–Kier alpha value is -3.57. The van der Waals surface area contributed by atoms with Gasteiger partial charge in [-0.05, 0) is 42.8 Å². The average molecular weight is 412 g/mol. The molecule has 0 aliphatic rings. The number of aryl methyl sites for hydroxylation is 1. The number of hydrogen-bond donors (Lipinski definition) is 3. The number of hydrogen-bond acceptors (Lipinski definition) is 6. The van der Waals surface area contributed by atoms with E-state index in [2.05, 4.69) is 24.7 Å². The second kappa shape index (κ2) is 7.11. The molecule has 0 saturated carbocycles. The van der Waals surface area contributed by atoms with E-state index in [9.17, 15) is 18.0 Å². The number of imidazole rings is 1. The van der Waals surface area contributed by atoms with Crippen molar-refractivity contribution in [1.82, 2.24) is 29.2 Å². The summed E-state index contributed by atoms with van der Waals surface area (Å²) in [6, 6.07) is 7.39. The molecule has 0 spiro atoms. The fourth-order valence-electron chi connectivity index (χ4n) is 2.90. The maximum absolute atomic E-state index is 12.7. The molecule has 0 aliphatic carbocycles. The van der Waals surface area contributed by atoms with Crippen LogP contribution in [0.15, 0.2) is 63.4 Å². The van der Waals surface area contributed by atoms with Gasteiger partial charge in [0.1, 0.15) is 11.6 Å². The third-order valence-corrected chi connectivity index (χ3v) is 5.77. The monoisotopic (exact) mass is 412 g/mol. The Morgan fingerprint density at radius 1 is 1.07 bits per heavy atom. The van der Waals surface area contributed by atoms with Crippen molar-refractivity contribution in [2.45, 2.75) is 18.4 Å². The van der Waals surface area contributed by atoms with E-state index >= 15 is 0 Å². The van der Waals surface area contributed by atoms with E-state index < -0.39 is 21.3 Å². The van der Waals surface area contributed by atoms with E-state index in [1.807, 2.05) is 6.92 Å². The smallest absolute Gasteiger partial charge is 0.307 e. The van der Waals surface area contributed by atoms with Gasteiger partial charge < -0.3 is 4.98 Å². The van der Waals surface area contributed by atoms with Crippen LogP contribution in [0.25, 0.3) is 16.7 Å². The first kappa shape index (κ1) is 18.8. The van der Waals surface area contributed by atoms with Crippen LogP contribution in [0.2, 0.25) is 0 Å². The van der Waals surface area contributed by atoms with Gasteiger partial charge in [0, 0.05) is 25.1 Å². The zero-order valence-electron chi connectivity index (χ0n) is 15.2. The molecule has 0 aliphatic heterocycles. The first-order valence-corrected chi connectivity index (χ1v) is 10.0. The van der Waals surface area contributed by atoms with Crippen molar-refractivity contribution in [3.8, 4) is 5.82 Å². The zero-order chi connectivity index (χ0) is 20.6. The summed E-state index contributed by atoms with van der Waals surface area (Å²) in [5, 5.41) is 0.0780. The van der Waals surface area contributed by atoms with Crippen LogP contribution in [0.1, 0.15) is 11.4 Å². The largest absolute Gasteiger partial charge is 0.326 e. The van der Waals surface area contributed by atoms with Gasteiger partial charge in [-0.3, -0.25) is 14.3 Å². The van der Waals surface area contributed by atoms with Crippen LogP contribution in [0.4, 0.5) is 0 Å². The van der Waals surface area contributed by atoms with Gasteiger partial charge in [-0.15, -0.1) is 0 Å². The first-order chi connectivity index (χ1) is 13.8. The number of aromatic nitrogens is 5. The predicted molar refractivity (Wildman–Crippen MR) is 105 cm³/mol. The third kappa shape index (κ3) is 3.73. The molecule has 0 bridgehead atoms. The molecule has 1 aromatic carbocycles. The van der Waals surface area contributed by atoms with Crippen LogP contribution in [0.3, 0.4) is 0 Å². The Morgan fingerprint density at radius 2 is 1.90 bits per heavy atom. The number of nitrogens with one attached hydrogen (secondary N) is 3. The highest BCUT2D eigenvalue weighted by Crippen LogP contribution is 2.15. The molecular formula is C18H16N6O4S. The molecule has 4 aromatic rings. The number of nitrogens with zero attached hydrogens (tertiary/aromatic N) is 3. The molecule has 0 unspecified atom stereocenters. The van der Waals surface area contributed by atoms with Gasteiger partial charge in [0.15, 0.2) is 0 Å². The van der Waals surface area contributed by atoms with Crippen molar-refractivity contribution < 1.29 is 8.42 Å². The second-order valence-corrected chi connectivity index (χ2v) is 8.07. The summed E-state index contributed by atoms with van der Waals surface area (Å²) in [5.74, 6) is 1.38. The maximum atomic E-state index is 12.7. The van der Waals surface area contributed by atoms with E-state index in [0.717, 1.165) is 5.82 Å². The summed E-state index contributed by atoms with van der Waals surface area (Å²) in [5.41, 5.74) is -0.352. The van der Waals surface area contributed by atoms with Gasteiger partial charge in [0.05, 0.1) is 15.8 Å². The van der Waals surface area contributed by atoms with Gasteiger partial charge >= 0.3 is 5.69 Å². The fourth-order valence-corrected chi connectivity index (χ4v) is 3.94. The molecule has 0 radical (unpaired) electrons. The van der Waals surface area contributed by atoms with E-state index in [4.69, 9.17) is 0 Å². The molecular weight excluding hydrogens is 396 g/mol. The molecule has 10 nitrogen and oxygen atoms in total. The van der Waals surface area contributed by atoms with Crippen molar-refractivity contribution in [1.29, 1.82) is 0 Å². The van der Waals surface area contributed by atoms with Gasteiger partial charge in [-0.1, -0.05) is 0 Å².